The number of rotatable bonds is 15. The van der Waals surface area contributed by atoms with Crippen molar-refractivity contribution in [2.75, 3.05) is 0 Å². The Morgan fingerprint density at radius 2 is 0.608 bits per heavy atom. The van der Waals surface area contributed by atoms with Crippen molar-refractivity contribution < 1.29 is 134 Å². The maximum atomic E-state index is 15.0. The van der Waals surface area contributed by atoms with E-state index in [4.69, 9.17) is 0 Å². The zero-order valence-corrected chi connectivity index (χ0v) is 23.3. The number of alkyl halides is 26. The molecule has 2 atom stereocenters. The number of hydrogen-bond donors (Lipinski definition) is 0. The van der Waals surface area contributed by atoms with Crippen molar-refractivity contribution >= 4 is 11.9 Å². The summed E-state index contributed by atoms with van der Waals surface area (Å²) >= 11 is 0. The highest BCUT2D eigenvalue weighted by atomic mass is 19.4. The first-order valence-electron chi connectivity index (χ1n) is 11.6. The summed E-state index contributed by atoms with van der Waals surface area (Å²) in [6.45, 7) is -1.24. The molecule has 0 aliphatic carbocycles. The molecule has 51 heavy (non-hydrogen) atoms. The number of hydrogen-bond acceptors (Lipinski definition) is 4. The Balaban J connectivity index is 8.23. The van der Waals surface area contributed by atoms with Gasteiger partial charge in [-0.2, -0.15) is 114 Å². The third-order valence-electron chi connectivity index (χ3n) is 7.45. The van der Waals surface area contributed by atoms with Crippen LogP contribution >= 0.6 is 0 Å². The lowest BCUT2D eigenvalue weighted by atomic mass is 9.57. The molecule has 0 bridgehead atoms. The summed E-state index contributed by atoms with van der Waals surface area (Å²) in [6, 6.07) is 0. The molecule has 0 aliphatic rings. The maximum Gasteiger partial charge on any atom is 0.460 e. The van der Waals surface area contributed by atoms with Gasteiger partial charge < -0.3 is 19.8 Å². The number of carbonyl (C=O) groups excluding carboxylic acids is 2. The van der Waals surface area contributed by atoms with E-state index < -0.39 is 120 Å². The molecule has 0 rings (SSSR count). The zero-order valence-electron chi connectivity index (χ0n) is 23.3. The summed E-state index contributed by atoms with van der Waals surface area (Å²) in [6.07, 6.45) is -16.2. The molecule has 0 saturated heterocycles. The maximum absolute atomic E-state index is 15.0. The lowest BCUT2D eigenvalue weighted by Gasteiger charge is -2.53. The van der Waals surface area contributed by atoms with Gasteiger partial charge in [-0.15, -0.1) is 0 Å². The smallest absolute Gasteiger partial charge is 0.460 e. The van der Waals surface area contributed by atoms with Crippen LogP contribution in [0.15, 0.2) is 12.2 Å². The van der Waals surface area contributed by atoms with Gasteiger partial charge in [-0.3, -0.25) is 0 Å². The van der Waals surface area contributed by atoms with E-state index in [9.17, 15) is 134 Å². The highest BCUT2D eigenvalue weighted by Gasteiger charge is 2.94. The van der Waals surface area contributed by atoms with E-state index in [1.165, 1.54) is 0 Å². The monoisotopic (exact) mass is 820 g/mol. The van der Waals surface area contributed by atoms with Gasteiger partial charge in [-0.25, -0.2) is 0 Å². The van der Waals surface area contributed by atoms with Gasteiger partial charge in [-0.05, 0) is 5.57 Å². The number of carboxylic acids is 2. The highest BCUT2D eigenvalue weighted by molar-refractivity contribution is 5.95. The minimum Gasteiger partial charge on any atom is -0.549 e. The normalized spacial score (nSPS) is 18.2. The lowest BCUT2D eigenvalue weighted by molar-refractivity contribution is -0.450. The van der Waals surface area contributed by atoms with Crippen molar-refractivity contribution in [2.24, 2.45) is 17.3 Å². The Morgan fingerprint density at radius 3 is 0.765 bits per heavy atom. The van der Waals surface area contributed by atoms with Crippen molar-refractivity contribution in [3.63, 3.8) is 0 Å². The van der Waals surface area contributed by atoms with E-state index in [1.807, 2.05) is 0 Å². The average molecular weight is 820 g/mol. The second-order valence-corrected chi connectivity index (χ2v) is 10.2. The van der Waals surface area contributed by atoms with Crippen molar-refractivity contribution in [3.05, 3.63) is 12.2 Å². The molecule has 0 aromatic carbocycles. The van der Waals surface area contributed by atoms with Gasteiger partial charge >= 0.3 is 71.6 Å². The van der Waals surface area contributed by atoms with E-state index in [-0.39, 0.29) is 0 Å². The molecule has 30 heteroatoms. The van der Waals surface area contributed by atoms with Crippen LogP contribution in [0.3, 0.4) is 0 Å². The van der Waals surface area contributed by atoms with E-state index in [0.29, 0.717) is 0 Å². The molecule has 0 radical (unpaired) electrons. The van der Waals surface area contributed by atoms with E-state index in [0.717, 1.165) is 0 Å². The molecule has 0 aromatic rings. The minimum atomic E-state index is -8.99. The first-order chi connectivity index (χ1) is 21.6. The summed E-state index contributed by atoms with van der Waals surface area (Å²) in [4.78, 5) is 23.1. The predicted molar refractivity (Wildman–Crippen MR) is 101 cm³/mol. The Morgan fingerprint density at radius 1 is 0.412 bits per heavy atom. The van der Waals surface area contributed by atoms with Gasteiger partial charge in [0.2, 0.25) is 0 Å². The molecule has 0 N–H and O–H groups in total. The van der Waals surface area contributed by atoms with Gasteiger partial charge in [-0.1, -0.05) is 20.4 Å². The standard InChI is InChI=1S/C21H12F26O4/c1-4(7(48)49)9(8(50)51,5(2)10(22,23)12(26,27)14(30,31)16(34,35)18(38,39)20(42,43)44)6(3)11(24,25)13(28,29)15(32,33)17(36,37)19(40,41)21(45,46)47/h5-6H,1H2,2-3H3,(H,48,49)(H,50,51)/p-2. The van der Waals surface area contributed by atoms with Crippen LogP contribution in [-0.2, 0) is 9.59 Å². The quantitative estimate of drug-likeness (QED) is 0.135. The Hall–Kier alpha value is -3.14. The van der Waals surface area contributed by atoms with E-state index >= 15 is 0 Å². The number of carbonyl (C=O) groups is 2. The summed E-state index contributed by atoms with van der Waals surface area (Å²) in [7, 11) is 0. The topological polar surface area (TPSA) is 80.3 Å². The van der Waals surface area contributed by atoms with E-state index in [2.05, 4.69) is 0 Å². The van der Waals surface area contributed by atoms with Crippen LogP contribution in [0.2, 0.25) is 0 Å². The fourth-order valence-electron chi connectivity index (χ4n) is 4.22. The van der Waals surface area contributed by atoms with Gasteiger partial charge in [0.05, 0.1) is 17.4 Å². The molecule has 302 valence electrons. The van der Waals surface area contributed by atoms with Crippen LogP contribution in [0.25, 0.3) is 0 Å². The largest absolute Gasteiger partial charge is 0.549 e. The van der Waals surface area contributed by atoms with Crippen molar-refractivity contribution in [1.82, 2.24) is 0 Å². The molecule has 0 amide bonds. The molecule has 0 heterocycles. The molecule has 0 spiro atoms. The number of halogens is 26. The predicted octanol–water partition coefficient (Wildman–Crippen LogP) is 6.78. The third kappa shape index (κ3) is 5.86. The van der Waals surface area contributed by atoms with Crippen LogP contribution in [0.4, 0.5) is 114 Å². The van der Waals surface area contributed by atoms with Gasteiger partial charge in [0.25, 0.3) is 0 Å². The molecule has 4 nitrogen and oxygen atoms in total. The van der Waals surface area contributed by atoms with Crippen molar-refractivity contribution in [1.29, 1.82) is 0 Å². The van der Waals surface area contributed by atoms with Crippen LogP contribution in [0.5, 0.6) is 0 Å². The average Bonchev–Trinajstić information content (AvgIpc) is 2.90. The molecule has 0 fully saturated rings. The van der Waals surface area contributed by atoms with Crippen molar-refractivity contribution in [3.8, 4) is 0 Å². The highest BCUT2D eigenvalue weighted by Crippen LogP contribution is 2.67. The van der Waals surface area contributed by atoms with Crippen molar-refractivity contribution in [2.45, 2.75) is 85.4 Å². The van der Waals surface area contributed by atoms with Gasteiger partial charge in [0, 0.05) is 11.8 Å². The summed E-state index contributed by atoms with van der Waals surface area (Å²) in [5, 5.41) is 23.1. The van der Waals surface area contributed by atoms with E-state index in [1.54, 1.807) is 6.58 Å². The summed E-state index contributed by atoms with van der Waals surface area (Å²) < 4.78 is 355. The second kappa shape index (κ2) is 12.2. The summed E-state index contributed by atoms with van der Waals surface area (Å²) in [5.41, 5.74) is -9.95. The first-order valence-corrected chi connectivity index (χ1v) is 11.6. The molecule has 2 unspecified atom stereocenters. The van der Waals surface area contributed by atoms with Crippen LogP contribution < -0.4 is 10.2 Å². The number of carboxylic acid groups (broad SMARTS) is 2. The molecule has 0 aliphatic heterocycles. The van der Waals surface area contributed by atoms with Crippen LogP contribution in [0.1, 0.15) is 13.8 Å². The lowest BCUT2D eigenvalue weighted by Crippen LogP contribution is -2.75. The minimum absolute atomic E-state index is 1.47. The summed E-state index contributed by atoms with van der Waals surface area (Å²) in [5.74, 6) is -107. The third-order valence-corrected chi connectivity index (χ3v) is 7.45. The number of aliphatic carboxylic acids is 2. The Kier molecular flexibility index (Phi) is 11.5. The van der Waals surface area contributed by atoms with Crippen LogP contribution in [0, 0.1) is 17.3 Å². The first kappa shape index (κ1) is 47.9. The SMILES string of the molecule is C=C(C(=O)[O-])C(C(=O)[O-])(C(C)C(F)(F)C(F)(F)C(F)(F)C(F)(F)C(F)(F)C(F)(F)F)C(C)C(F)(F)C(F)(F)C(F)(F)C(F)(F)C(F)(F)C(F)(F)F. The fourth-order valence-corrected chi connectivity index (χ4v) is 4.22. The zero-order chi connectivity index (χ0) is 42.4. The second-order valence-electron chi connectivity index (χ2n) is 10.2. The van der Waals surface area contributed by atoms with Crippen LogP contribution in [-0.4, -0.2) is 83.5 Å². The van der Waals surface area contributed by atoms with Gasteiger partial charge in [0.15, 0.2) is 0 Å². The Labute approximate surface area is 262 Å². The molecule has 0 aromatic heterocycles. The molecule has 0 saturated carbocycles. The molecular formula is C21H10F26O4-2. The fraction of sp³-hybridized carbons (Fsp3) is 0.810. The Bertz CT molecular complexity index is 1270. The molecular weight excluding hydrogens is 810 g/mol. The van der Waals surface area contributed by atoms with Gasteiger partial charge in [0.1, 0.15) is 0 Å².